The molecule has 162 valence electrons. The predicted octanol–water partition coefficient (Wildman–Crippen LogP) is 6.44. The van der Waals surface area contributed by atoms with Crippen LogP contribution < -0.4 is 9.47 Å². The largest absolute Gasteiger partial charge is 0.493 e. The molecule has 4 rings (SSSR count). The van der Waals surface area contributed by atoms with Gasteiger partial charge in [-0.1, -0.05) is 84.6 Å². The maximum absolute atomic E-state index is 13.0. The molecule has 1 heterocycles. The van der Waals surface area contributed by atoms with Gasteiger partial charge in [-0.25, -0.2) is 0 Å². The number of nitrogens with zero attached hydrogens (tertiary/aromatic N) is 1. The summed E-state index contributed by atoms with van der Waals surface area (Å²) in [6.45, 7) is 0.884. The van der Waals surface area contributed by atoms with Crippen molar-refractivity contribution < 1.29 is 14.3 Å². The van der Waals surface area contributed by atoms with Crippen LogP contribution in [-0.2, 0) is 17.9 Å². The van der Waals surface area contributed by atoms with Crippen LogP contribution in [0.1, 0.15) is 16.7 Å². The monoisotopic (exact) mass is 525 g/mol. The highest BCUT2D eigenvalue weighted by Crippen LogP contribution is 2.39. The number of hydrogen-bond acceptors (Lipinski definition) is 5. The first-order valence-electron chi connectivity index (χ1n) is 9.88. The maximum atomic E-state index is 13.0. The molecule has 3 aromatic rings. The molecule has 0 radical (unpaired) electrons. The lowest BCUT2D eigenvalue weighted by molar-refractivity contribution is -0.122. The van der Waals surface area contributed by atoms with Crippen molar-refractivity contribution in [1.29, 1.82) is 0 Å². The first-order chi connectivity index (χ1) is 15.5. The smallest absolute Gasteiger partial charge is 0.266 e. The van der Waals surface area contributed by atoms with Gasteiger partial charge in [-0.05, 0) is 50.8 Å². The first-order valence-corrected chi connectivity index (χ1v) is 11.9. The standard InChI is InChI=1S/C25H20BrNO3S2/c1-29-21-13-19(12-20(26)23(21)30-16-18-10-6-3-7-11-18)14-22-24(28)27(25(31)32-22)15-17-8-4-2-5-9-17/h2-14H,15-16H2,1H3/b22-14+. The summed E-state index contributed by atoms with van der Waals surface area (Å²) in [7, 11) is 1.60. The average molecular weight is 526 g/mol. The Kier molecular flexibility index (Phi) is 7.29. The van der Waals surface area contributed by atoms with E-state index in [9.17, 15) is 4.79 Å². The molecule has 0 bridgehead atoms. The van der Waals surface area contributed by atoms with Crippen LogP contribution in [0, 0.1) is 0 Å². The fraction of sp³-hybridized carbons (Fsp3) is 0.120. The number of halogens is 1. The first kappa shape index (κ1) is 22.6. The van der Waals surface area contributed by atoms with Crippen molar-refractivity contribution in [2.24, 2.45) is 0 Å². The molecule has 0 spiro atoms. The molecule has 0 saturated carbocycles. The van der Waals surface area contributed by atoms with E-state index < -0.39 is 0 Å². The number of thioether (sulfide) groups is 1. The van der Waals surface area contributed by atoms with Gasteiger partial charge in [-0.15, -0.1) is 0 Å². The molecule has 7 heteroatoms. The van der Waals surface area contributed by atoms with Crippen LogP contribution >= 0.6 is 39.9 Å². The van der Waals surface area contributed by atoms with E-state index in [1.807, 2.05) is 78.9 Å². The summed E-state index contributed by atoms with van der Waals surface area (Å²) in [5.41, 5.74) is 2.92. The topological polar surface area (TPSA) is 38.8 Å². The molecule has 0 unspecified atom stereocenters. The third-order valence-corrected chi connectivity index (χ3v) is 6.80. The number of amides is 1. The second kappa shape index (κ2) is 10.3. The summed E-state index contributed by atoms with van der Waals surface area (Å²) in [6, 6.07) is 23.5. The molecule has 4 nitrogen and oxygen atoms in total. The Morgan fingerprint density at radius 3 is 2.34 bits per heavy atom. The Bertz CT molecular complexity index is 1170. The quantitative estimate of drug-likeness (QED) is 0.262. The number of rotatable bonds is 7. The van der Waals surface area contributed by atoms with Gasteiger partial charge < -0.3 is 9.47 Å². The number of thiocarbonyl (C=S) groups is 1. The highest BCUT2D eigenvalue weighted by atomic mass is 79.9. The average Bonchev–Trinajstić information content (AvgIpc) is 3.06. The molecular formula is C25H20BrNO3S2. The second-order valence-electron chi connectivity index (χ2n) is 7.06. The third-order valence-electron chi connectivity index (χ3n) is 4.83. The third kappa shape index (κ3) is 5.23. The number of methoxy groups -OCH3 is 1. The van der Waals surface area contributed by atoms with Crippen LogP contribution in [0.15, 0.2) is 82.2 Å². The van der Waals surface area contributed by atoms with Crippen LogP contribution in [-0.4, -0.2) is 22.2 Å². The SMILES string of the molecule is COc1cc(/C=C2/SC(=S)N(Cc3ccccc3)C2=O)cc(Br)c1OCc1ccccc1. The van der Waals surface area contributed by atoms with E-state index in [2.05, 4.69) is 15.9 Å². The van der Waals surface area contributed by atoms with Gasteiger partial charge in [0.05, 0.1) is 23.0 Å². The lowest BCUT2D eigenvalue weighted by Gasteiger charge is -2.14. The van der Waals surface area contributed by atoms with Gasteiger partial charge in [0.25, 0.3) is 5.91 Å². The van der Waals surface area contributed by atoms with Gasteiger partial charge in [-0.3, -0.25) is 9.69 Å². The molecule has 1 fully saturated rings. The molecule has 0 atom stereocenters. The summed E-state index contributed by atoms with van der Waals surface area (Å²) in [5, 5.41) is 0. The number of ether oxygens (including phenoxy) is 2. The van der Waals surface area contributed by atoms with Gasteiger partial charge in [0.15, 0.2) is 11.5 Å². The van der Waals surface area contributed by atoms with E-state index in [1.165, 1.54) is 11.8 Å². The minimum absolute atomic E-state index is 0.0941. The fourth-order valence-electron chi connectivity index (χ4n) is 3.25. The van der Waals surface area contributed by atoms with Crippen molar-refractivity contribution in [1.82, 2.24) is 4.90 Å². The molecular weight excluding hydrogens is 506 g/mol. The van der Waals surface area contributed by atoms with Crippen LogP contribution in [0.5, 0.6) is 11.5 Å². The fourth-order valence-corrected chi connectivity index (χ4v) is 5.08. The highest BCUT2D eigenvalue weighted by Gasteiger charge is 2.32. The van der Waals surface area contributed by atoms with Crippen molar-refractivity contribution in [3.05, 3.63) is 98.9 Å². The van der Waals surface area contributed by atoms with E-state index in [0.29, 0.717) is 33.9 Å². The molecule has 32 heavy (non-hydrogen) atoms. The molecule has 0 aliphatic carbocycles. The van der Waals surface area contributed by atoms with Gasteiger partial charge in [0.1, 0.15) is 10.9 Å². The number of hydrogen-bond donors (Lipinski definition) is 0. The molecule has 1 saturated heterocycles. The highest BCUT2D eigenvalue weighted by molar-refractivity contribution is 9.10. The number of benzene rings is 3. The molecule has 1 aliphatic rings. The summed E-state index contributed by atoms with van der Waals surface area (Å²) >= 11 is 10.4. The zero-order valence-electron chi connectivity index (χ0n) is 17.3. The van der Waals surface area contributed by atoms with Gasteiger partial charge in [0.2, 0.25) is 0 Å². The molecule has 3 aromatic carbocycles. The normalized spacial score (nSPS) is 14.8. The van der Waals surface area contributed by atoms with Crippen molar-refractivity contribution in [2.45, 2.75) is 13.2 Å². The van der Waals surface area contributed by atoms with E-state index in [4.69, 9.17) is 21.7 Å². The minimum atomic E-state index is -0.0941. The predicted molar refractivity (Wildman–Crippen MR) is 137 cm³/mol. The second-order valence-corrected chi connectivity index (χ2v) is 9.59. The lowest BCUT2D eigenvalue weighted by atomic mass is 10.1. The zero-order valence-corrected chi connectivity index (χ0v) is 20.5. The lowest BCUT2D eigenvalue weighted by Crippen LogP contribution is -2.27. The zero-order chi connectivity index (χ0) is 22.5. The Labute approximate surface area is 205 Å². The molecule has 1 aliphatic heterocycles. The van der Waals surface area contributed by atoms with Gasteiger partial charge in [0, 0.05) is 0 Å². The molecule has 0 N–H and O–H groups in total. The Balaban J connectivity index is 1.54. The summed E-state index contributed by atoms with van der Waals surface area (Å²) < 4.78 is 12.9. The van der Waals surface area contributed by atoms with Crippen LogP contribution in [0.3, 0.4) is 0 Å². The van der Waals surface area contributed by atoms with Gasteiger partial charge in [-0.2, -0.15) is 0 Å². The van der Waals surface area contributed by atoms with E-state index in [0.717, 1.165) is 21.2 Å². The van der Waals surface area contributed by atoms with Gasteiger partial charge >= 0.3 is 0 Å². The Morgan fingerprint density at radius 2 is 1.69 bits per heavy atom. The van der Waals surface area contributed by atoms with E-state index >= 15 is 0 Å². The Hall–Kier alpha value is -2.61. The minimum Gasteiger partial charge on any atom is -0.493 e. The van der Waals surface area contributed by atoms with Crippen LogP contribution in [0.2, 0.25) is 0 Å². The maximum Gasteiger partial charge on any atom is 0.266 e. The number of carbonyl (C=O) groups excluding carboxylic acids is 1. The summed E-state index contributed by atoms with van der Waals surface area (Å²) in [4.78, 5) is 15.2. The van der Waals surface area contributed by atoms with Crippen LogP contribution in [0.4, 0.5) is 0 Å². The summed E-state index contributed by atoms with van der Waals surface area (Å²) in [6.07, 6.45) is 1.83. The van der Waals surface area contributed by atoms with Crippen molar-refractivity contribution in [2.75, 3.05) is 7.11 Å². The Morgan fingerprint density at radius 1 is 1.03 bits per heavy atom. The molecule has 0 aromatic heterocycles. The summed E-state index contributed by atoms with van der Waals surface area (Å²) in [5.74, 6) is 1.11. The van der Waals surface area contributed by atoms with Crippen molar-refractivity contribution in [3.63, 3.8) is 0 Å². The van der Waals surface area contributed by atoms with E-state index in [1.54, 1.807) is 12.0 Å². The van der Waals surface area contributed by atoms with Crippen molar-refractivity contribution in [3.8, 4) is 11.5 Å². The van der Waals surface area contributed by atoms with Crippen molar-refractivity contribution >= 4 is 56.2 Å². The number of carbonyl (C=O) groups is 1. The molecule has 1 amide bonds. The van der Waals surface area contributed by atoms with Crippen LogP contribution in [0.25, 0.3) is 6.08 Å². The van der Waals surface area contributed by atoms with E-state index in [-0.39, 0.29) is 5.91 Å².